The lowest BCUT2D eigenvalue weighted by molar-refractivity contribution is -0.0228. The van der Waals surface area contributed by atoms with E-state index in [9.17, 15) is 0 Å². The predicted octanol–water partition coefficient (Wildman–Crippen LogP) is 0.665. The zero-order valence-electron chi connectivity index (χ0n) is 8.04. The molecule has 0 saturated carbocycles. The molecule has 0 aromatic rings. The molecule has 0 bridgehead atoms. The van der Waals surface area contributed by atoms with Gasteiger partial charge < -0.3 is 15.1 Å². The van der Waals surface area contributed by atoms with E-state index in [2.05, 4.69) is 25.7 Å². The molecule has 70 valence electrons. The first-order valence-corrected chi connectivity index (χ1v) is 4.16. The summed E-state index contributed by atoms with van der Waals surface area (Å²) < 4.78 is 0. The van der Waals surface area contributed by atoms with Crippen molar-refractivity contribution in [2.75, 3.05) is 19.6 Å². The van der Waals surface area contributed by atoms with Gasteiger partial charge in [-0.2, -0.15) is 0 Å². The SMILES string of the molecule is CC(O)O.CCN(CC)CC. The zero-order chi connectivity index (χ0) is 9.28. The van der Waals surface area contributed by atoms with Gasteiger partial charge in [0.1, 0.15) is 6.29 Å². The average Bonchev–Trinajstić information content (AvgIpc) is 1.90. The standard InChI is InChI=1S/C6H15N.C2H6O2/c1-4-7(5-2)6-3;1-2(3)4/h4-6H2,1-3H3;2-4H,1H3. The van der Waals surface area contributed by atoms with Crippen LogP contribution in [0.4, 0.5) is 0 Å². The molecule has 0 unspecified atom stereocenters. The highest BCUT2D eigenvalue weighted by Crippen LogP contribution is 1.81. The van der Waals surface area contributed by atoms with Gasteiger partial charge in [0.25, 0.3) is 0 Å². The smallest absolute Gasteiger partial charge is 0.148 e. The molecule has 0 aromatic heterocycles. The molecule has 0 aliphatic carbocycles. The third kappa shape index (κ3) is 17.7. The summed E-state index contributed by atoms with van der Waals surface area (Å²) >= 11 is 0. The lowest BCUT2D eigenvalue weighted by Crippen LogP contribution is -2.21. The van der Waals surface area contributed by atoms with Gasteiger partial charge in [-0.15, -0.1) is 0 Å². The van der Waals surface area contributed by atoms with E-state index in [1.165, 1.54) is 26.6 Å². The fourth-order valence-electron chi connectivity index (χ4n) is 0.671. The van der Waals surface area contributed by atoms with Gasteiger partial charge >= 0.3 is 0 Å². The van der Waals surface area contributed by atoms with Crippen LogP contribution in [0.25, 0.3) is 0 Å². The van der Waals surface area contributed by atoms with Crippen LogP contribution in [0.1, 0.15) is 27.7 Å². The number of rotatable bonds is 3. The van der Waals surface area contributed by atoms with Crippen LogP contribution in [0.2, 0.25) is 0 Å². The second kappa shape index (κ2) is 9.88. The Hall–Kier alpha value is -0.120. The van der Waals surface area contributed by atoms with Gasteiger partial charge in [-0.05, 0) is 26.6 Å². The summed E-state index contributed by atoms with van der Waals surface area (Å²) in [6.45, 7) is 11.4. The molecule has 0 aromatic carbocycles. The molecular formula is C8H21NO2. The van der Waals surface area contributed by atoms with Crippen molar-refractivity contribution in [3.63, 3.8) is 0 Å². The van der Waals surface area contributed by atoms with Gasteiger partial charge in [-0.1, -0.05) is 20.8 Å². The van der Waals surface area contributed by atoms with Crippen molar-refractivity contribution in [3.05, 3.63) is 0 Å². The minimum absolute atomic E-state index is 1.17. The van der Waals surface area contributed by atoms with E-state index in [0.717, 1.165) is 0 Å². The number of hydrogen-bond acceptors (Lipinski definition) is 3. The fourth-order valence-corrected chi connectivity index (χ4v) is 0.671. The predicted molar refractivity (Wildman–Crippen MR) is 47.4 cm³/mol. The van der Waals surface area contributed by atoms with Crippen LogP contribution in [0.5, 0.6) is 0 Å². The van der Waals surface area contributed by atoms with Crippen LogP contribution in [-0.2, 0) is 0 Å². The van der Waals surface area contributed by atoms with Crippen molar-refractivity contribution in [1.82, 2.24) is 4.90 Å². The van der Waals surface area contributed by atoms with Crippen LogP contribution < -0.4 is 0 Å². The summed E-state index contributed by atoms with van der Waals surface area (Å²) in [4.78, 5) is 2.38. The van der Waals surface area contributed by atoms with Gasteiger partial charge in [-0.3, -0.25) is 0 Å². The number of aliphatic hydroxyl groups is 2. The fraction of sp³-hybridized carbons (Fsp3) is 1.00. The molecule has 3 heteroatoms. The van der Waals surface area contributed by atoms with E-state index < -0.39 is 6.29 Å². The zero-order valence-corrected chi connectivity index (χ0v) is 8.04. The maximum absolute atomic E-state index is 7.61. The van der Waals surface area contributed by atoms with E-state index in [0.29, 0.717) is 0 Å². The molecular weight excluding hydrogens is 142 g/mol. The highest BCUT2D eigenvalue weighted by molar-refractivity contribution is 4.43. The largest absolute Gasteiger partial charge is 0.368 e. The lowest BCUT2D eigenvalue weighted by atomic mass is 10.5. The average molecular weight is 163 g/mol. The molecule has 0 aliphatic heterocycles. The maximum Gasteiger partial charge on any atom is 0.148 e. The summed E-state index contributed by atoms with van der Waals surface area (Å²) in [5.41, 5.74) is 0. The number of hydrogen-bond donors (Lipinski definition) is 2. The molecule has 0 fully saturated rings. The Balaban J connectivity index is 0. The normalized spacial score (nSPS) is 9.82. The maximum atomic E-state index is 7.61. The Morgan fingerprint density at radius 2 is 1.18 bits per heavy atom. The summed E-state index contributed by atoms with van der Waals surface area (Å²) in [5, 5.41) is 15.2. The van der Waals surface area contributed by atoms with E-state index in [4.69, 9.17) is 10.2 Å². The highest BCUT2D eigenvalue weighted by atomic mass is 16.5. The van der Waals surface area contributed by atoms with Crippen LogP contribution in [-0.4, -0.2) is 41.0 Å². The summed E-state index contributed by atoms with van der Waals surface area (Å²) in [7, 11) is 0. The number of nitrogens with zero attached hydrogens (tertiary/aromatic N) is 1. The van der Waals surface area contributed by atoms with Crippen LogP contribution in [0, 0.1) is 0 Å². The Morgan fingerprint density at radius 3 is 1.18 bits per heavy atom. The van der Waals surface area contributed by atoms with Crippen molar-refractivity contribution in [2.24, 2.45) is 0 Å². The summed E-state index contributed by atoms with van der Waals surface area (Å²) in [6.07, 6.45) is -1.17. The number of aliphatic hydroxyl groups excluding tert-OH is 1. The van der Waals surface area contributed by atoms with Gasteiger partial charge in [0.2, 0.25) is 0 Å². The third-order valence-electron chi connectivity index (χ3n) is 1.34. The van der Waals surface area contributed by atoms with E-state index in [1.54, 1.807) is 0 Å². The first-order valence-electron chi connectivity index (χ1n) is 4.16. The van der Waals surface area contributed by atoms with E-state index in [-0.39, 0.29) is 0 Å². The third-order valence-corrected chi connectivity index (χ3v) is 1.34. The molecule has 0 aliphatic rings. The van der Waals surface area contributed by atoms with Crippen molar-refractivity contribution < 1.29 is 10.2 Å². The van der Waals surface area contributed by atoms with Crippen molar-refractivity contribution in [2.45, 2.75) is 34.0 Å². The molecule has 0 spiro atoms. The van der Waals surface area contributed by atoms with Crippen LogP contribution in [0.15, 0.2) is 0 Å². The second-order valence-electron chi connectivity index (χ2n) is 2.25. The van der Waals surface area contributed by atoms with Crippen molar-refractivity contribution in [3.8, 4) is 0 Å². The highest BCUT2D eigenvalue weighted by Gasteiger charge is 1.89. The summed E-state index contributed by atoms with van der Waals surface area (Å²) in [6, 6.07) is 0. The van der Waals surface area contributed by atoms with Crippen LogP contribution in [0.3, 0.4) is 0 Å². The molecule has 0 radical (unpaired) electrons. The van der Waals surface area contributed by atoms with Crippen molar-refractivity contribution in [1.29, 1.82) is 0 Å². The second-order valence-corrected chi connectivity index (χ2v) is 2.25. The molecule has 0 rings (SSSR count). The molecule has 3 nitrogen and oxygen atoms in total. The quantitative estimate of drug-likeness (QED) is 0.601. The van der Waals surface area contributed by atoms with Crippen LogP contribution >= 0.6 is 0 Å². The summed E-state index contributed by atoms with van der Waals surface area (Å²) in [5.74, 6) is 0. The Labute approximate surface area is 69.6 Å². The van der Waals surface area contributed by atoms with Gasteiger partial charge in [0, 0.05) is 0 Å². The molecule has 11 heavy (non-hydrogen) atoms. The lowest BCUT2D eigenvalue weighted by Gasteiger charge is -2.13. The Bertz CT molecular complexity index is 54.8. The van der Waals surface area contributed by atoms with Crippen molar-refractivity contribution >= 4 is 0 Å². The van der Waals surface area contributed by atoms with E-state index >= 15 is 0 Å². The van der Waals surface area contributed by atoms with E-state index in [1.807, 2.05) is 0 Å². The van der Waals surface area contributed by atoms with Gasteiger partial charge in [0.05, 0.1) is 0 Å². The minimum Gasteiger partial charge on any atom is -0.368 e. The molecule has 0 saturated heterocycles. The van der Waals surface area contributed by atoms with Gasteiger partial charge in [0.15, 0.2) is 0 Å². The van der Waals surface area contributed by atoms with Gasteiger partial charge in [-0.25, -0.2) is 0 Å². The molecule has 2 N–H and O–H groups in total. The Kier molecular flexibility index (Phi) is 12.1. The first kappa shape index (κ1) is 13.5. The minimum atomic E-state index is -1.17. The monoisotopic (exact) mass is 163 g/mol. The topological polar surface area (TPSA) is 43.7 Å². The Morgan fingerprint density at radius 1 is 1.00 bits per heavy atom. The molecule has 0 heterocycles. The molecule has 0 atom stereocenters. The molecule has 0 amide bonds. The first-order chi connectivity index (χ1) is 5.08.